The van der Waals surface area contributed by atoms with Gasteiger partial charge in [0.1, 0.15) is 0 Å². The first-order chi connectivity index (χ1) is 6.91. The van der Waals surface area contributed by atoms with Gasteiger partial charge in [-0.25, -0.2) is 0 Å². The molecule has 1 atom stereocenters. The molecule has 1 saturated heterocycles. The minimum absolute atomic E-state index is 0.154. The van der Waals surface area contributed by atoms with Crippen molar-refractivity contribution in [1.82, 2.24) is 10.2 Å². The number of carbonyl (C=O) groups is 1. The lowest BCUT2D eigenvalue weighted by atomic mass is 9.95. The number of nitrogens with zero attached hydrogens (tertiary/aromatic N) is 1. The van der Waals surface area contributed by atoms with Crippen LogP contribution >= 0.6 is 0 Å². The van der Waals surface area contributed by atoms with Crippen molar-refractivity contribution in [3.05, 3.63) is 0 Å². The van der Waals surface area contributed by atoms with Crippen LogP contribution in [0.1, 0.15) is 40.0 Å². The topological polar surface area (TPSA) is 32.3 Å². The third kappa shape index (κ3) is 3.82. The highest BCUT2D eigenvalue weighted by molar-refractivity contribution is 5.81. The van der Waals surface area contributed by atoms with Crippen LogP contribution in [0, 0.1) is 5.41 Å². The van der Waals surface area contributed by atoms with E-state index >= 15 is 0 Å². The van der Waals surface area contributed by atoms with E-state index in [1.54, 1.807) is 0 Å². The number of piperidine rings is 1. The summed E-state index contributed by atoms with van der Waals surface area (Å²) in [5.74, 6) is 0.154. The number of nitrogens with one attached hydrogen (secondary N) is 1. The molecular weight excluding hydrogens is 188 g/mol. The molecule has 0 spiro atoms. The maximum absolute atomic E-state index is 11.7. The highest BCUT2D eigenvalue weighted by atomic mass is 16.2. The Balaban J connectivity index is 2.33. The van der Waals surface area contributed by atoms with E-state index in [1.807, 2.05) is 20.8 Å². The number of rotatable bonds is 2. The van der Waals surface area contributed by atoms with Crippen LogP contribution in [0.2, 0.25) is 0 Å². The van der Waals surface area contributed by atoms with E-state index < -0.39 is 0 Å². The zero-order chi connectivity index (χ0) is 11.5. The summed E-state index contributed by atoms with van der Waals surface area (Å²) < 4.78 is 0. The summed E-state index contributed by atoms with van der Waals surface area (Å²) in [7, 11) is 2.15. The van der Waals surface area contributed by atoms with Gasteiger partial charge < -0.3 is 10.2 Å². The van der Waals surface area contributed by atoms with Gasteiger partial charge in [0.15, 0.2) is 0 Å². The molecular formula is C12H24N2O. The van der Waals surface area contributed by atoms with E-state index in [9.17, 15) is 4.79 Å². The highest BCUT2D eigenvalue weighted by Gasteiger charge is 2.24. The van der Waals surface area contributed by atoms with E-state index in [0.717, 1.165) is 13.1 Å². The summed E-state index contributed by atoms with van der Waals surface area (Å²) in [4.78, 5) is 14.0. The number of amides is 1. The molecule has 0 aromatic carbocycles. The van der Waals surface area contributed by atoms with Crippen molar-refractivity contribution in [3.8, 4) is 0 Å². The Morgan fingerprint density at radius 2 is 2.07 bits per heavy atom. The number of hydrogen-bond donors (Lipinski definition) is 1. The molecule has 0 bridgehead atoms. The number of carbonyl (C=O) groups excluding carboxylic acids is 1. The van der Waals surface area contributed by atoms with Gasteiger partial charge in [-0.2, -0.15) is 0 Å². The van der Waals surface area contributed by atoms with Gasteiger partial charge in [-0.3, -0.25) is 4.79 Å². The molecule has 1 aliphatic heterocycles. The van der Waals surface area contributed by atoms with Gasteiger partial charge in [0.2, 0.25) is 5.91 Å². The van der Waals surface area contributed by atoms with Crippen LogP contribution in [0.4, 0.5) is 0 Å². The first-order valence-electron chi connectivity index (χ1n) is 5.90. The lowest BCUT2D eigenvalue weighted by Gasteiger charge is -2.33. The van der Waals surface area contributed by atoms with Crippen LogP contribution in [0.25, 0.3) is 0 Å². The fourth-order valence-corrected chi connectivity index (χ4v) is 1.88. The molecule has 0 aromatic rings. The molecule has 1 aliphatic rings. The summed E-state index contributed by atoms with van der Waals surface area (Å²) in [6.45, 7) is 7.81. The SMILES string of the molecule is CN1CCCCC1CNC(=O)C(C)(C)C. The maximum Gasteiger partial charge on any atom is 0.225 e. The van der Waals surface area contributed by atoms with E-state index in [1.165, 1.54) is 19.3 Å². The van der Waals surface area contributed by atoms with Crippen molar-refractivity contribution < 1.29 is 4.79 Å². The van der Waals surface area contributed by atoms with Crippen LogP contribution in [-0.2, 0) is 4.79 Å². The average molecular weight is 212 g/mol. The second-order valence-electron chi connectivity index (χ2n) is 5.59. The second kappa shape index (κ2) is 4.97. The van der Waals surface area contributed by atoms with Crippen molar-refractivity contribution in [2.75, 3.05) is 20.1 Å². The smallest absolute Gasteiger partial charge is 0.225 e. The molecule has 0 aromatic heterocycles. The minimum atomic E-state index is -0.271. The Hall–Kier alpha value is -0.570. The van der Waals surface area contributed by atoms with Crippen LogP contribution < -0.4 is 5.32 Å². The van der Waals surface area contributed by atoms with Crippen molar-refractivity contribution >= 4 is 5.91 Å². The molecule has 88 valence electrons. The summed E-state index contributed by atoms with van der Waals surface area (Å²) in [5, 5.41) is 3.04. The lowest BCUT2D eigenvalue weighted by Crippen LogP contribution is -2.46. The van der Waals surface area contributed by atoms with Gasteiger partial charge in [0.25, 0.3) is 0 Å². The summed E-state index contributed by atoms with van der Waals surface area (Å²) >= 11 is 0. The van der Waals surface area contributed by atoms with Gasteiger partial charge in [-0.15, -0.1) is 0 Å². The Morgan fingerprint density at radius 1 is 1.40 bits per heavy atom. The zero-order valence-electron chi connectivity index (χ0n) is 10.5. The van der Waals surface area contributed by atoms with Crippen LogP contribution in [-0.4, -0.2) is 37.0 Å². The molecule has 15 heavy (non-hydrogen) atoms. The van der Waals surface area contributed by atoms with Gasteiger partial charge in [-0.05, 0) is 26.4 Å². The van der Waals surface area contributed by atoms with E-state index in [0.29, 0.717) is 6.04 Å². The fraction of sp³-hybridized carbons (Fsp3) is 0.917. The van der Waals surface area contributed by atoms with E-state index in [4.69, 9.17) is 0 Å². The summed E-state index contributed by atoms with van der Waals surface area (Å²) in [5.41, 5.74) is -0.271. The van der Waals surface area contributed by atoms with Crippen molar-refractivity contribution in [2.45, 2.75) is 46.1 Å². The third-order valence-corrected chi connectivity index (χ3v) is 3.10. The number of likely N-dealkylation sites (N-methyl/N-ethyl adjacent to an activating group) is 1. The molecule has 1 rings (SSSR count). The monoisotopic (exact) mass is 212 g/mol. The van der Waals surface area contributed by atoms with Gasteiger partial charge in [-0.1, -0.05) is 27.2 Å². The standard InChI is InChI=1S/C12H24N2O/c1-12(2,3)11(15)13-9-10-7-5-6-8-14(10)4/h10H,5-9H2,1-4H3,(H,13,15). The molecule has 1 amide bonds. The van der Waals surface area contributed by atoms with E-state index in [2.05, 4.69) is 17.3 Å². The average Bonchev–Trinajstić information content (AvgIpc) is 2.14. The molecule has 1 unspecified atom stereocenters. The summed E-state index contributed by atoms with van der Waals surface area (Å²) in [6.07, 6.45) is 3.79. The predicted octanol–water partition coefficient (Wildman–Crippen LogP) is 1.63. The van der Waals surface area contributed by atoms with Gasteiger partial charge >= 0.3 is 0 Å². The quantitative estimate of drug-likeness (QED) is 0.754. The molecule has 3 heteroatoms. The molecule has 0 radical (unpaired) electrons. The molecule has 3 nitrogen and oxygen atoms in total. The highest BCUT2D eigenvalue weighted by Crippen LogP contribution is 2.16. The Labute approximate surface area is 93.2 Å². The second-order valence-corrected chi connectivity index (χ2v) is 5.59. The molecule has 1 heterocycles. The van der Waals surface area contributed by atoms with Crippen LogP contribution in [0.15, 0.2) is 0 Å². The zero-order valence-corrected chi connectivity index (χ0v) is 10.5. The first kappa shape index (κ1) is 12.5. The Morgan fingerprint density at radius 3 is 2.60 bits per heavy atom. The minimum Gasteiger partial charge on any atom is -0.354 e. The first-order valence-corrected chi connectivity index (χ1v) is 5.90. The van der Waals surface area contributed by atoms with E-state index in [-0.39, 0.29) is 11.3 Å². The third-order valence-electron chi connectivity index (χ3n) is 3.10. The van der Waals surface area contributed by atoms with Crippen LogP contribution in [0.5, 0.6) is 0 Å². The maximum atomic E-state index is 11.7. The number of hydrogen-bond acceptors (Lipinski definition) is 2. The largest absolute Gasteiger partial charge is 0.354 e. The molecule has 0 saturated carbocycles. The predicted molar refractivity (Wildman–Crippen MR) is 62.7 cm³/mol. The van der Waals surface area contributed by atoms with Gasteiger partial charge in [0, 0.05) is 18.0 Å². The van der Waals surface area contributed by atoms with Crippen molar-refractivity contribution in [1.29, 1.82) is 0 Å². The van der Waals surface area contributed by atoms with Crippen LogP contribution in [0.3, 0.4) is 0 Å². The Bertz CT molecular complexity index is 220. The van der Waals surface area contributed by atoms with Gasteiger partial charge in [0.05, 0.1) is 0 Å². The molecule has 1 N–H and O–H groups in total. The van der Waals surface area contributed by atoms with Crippen molar-refractivity contribution in [2.24, 2.45) is 5.41 Å². The fourth-order valence-electron chi connectivity index (χ4n) is 1.88. The summed E-state index contributed by atoms with van der Waals surface area (Å²) in [6, 6.07) is 0.532. The molecule has 0 aliphatic carbocycles. The molecule has 1 fully saturated rings. The number of likely N-dealkylation sites (tertiary alicyclic amines) is 1. The Kier molecular flexibility index (Phi) is 4.14. The van der Waals surface area contributed by atoms with Crippen molar-refractivity contribution in [3.63, 3.8) is 0 Å². The lowest BCUT2D eigenvalue weighted by molar-refractivity contribution is -0.128. The normalized spacial score (nSPS) is 23.9.